The molecule has 3 aromatic carbocycles. The van der Waals surface area contributed by atoms with E-state index >= 15 is 0 Å². The standard InChI is InChI=1S/C27H27IN6O4S/c1-18(35)33-13-15-34(16-14-33)19-11-12-22(24(17-19)38-2)31-27-30-21-8-4-3-7-20(21)26(32-27)29-23-9-5-6-10-25(23)39(28,36)37/h3-12,17H,13-16H2,1-2H3,(H2,29,30,31,32). The molecule has 2 N–H and O–H groups in total. The van der Waals surface area contributed by atoms with Crippen LogP contribution < -0.4 is 20.3 Å². The van der Waals surface area contributed by atoms with Crippen molar-refractivity contribution in [2.24, 2.45) is 0 Å². The lowest BCUT2D eigenvalue weighted by Gasteiger charge is -2.35. The maximum atomic E-state index is 12.3. The fourth-order valence-electron chi connectivity index (χ4n) is 4.52. The van der Waals surface area contributed by atoms with Crippen molar-refractivity contribution in [1.82, 2.24) is 14.9 Å². The first-order valence-electron chi connectivity index (χ1n) is 12.3. The van der Waals surface area contributed by atoms with E-state index in [1.165, 1.54) is 21.2 Å². The van der Waals surface area contributed by atoms with Crippen LogP contribution in [-0.2, 0) is 11.8 Å². The number of halogens is 1. The number of nitrogens with one attached hydrogen (secondary N) is 2. The number of hydrogen-bond acceptors (Lipinski definition) is 9. The van der Waals surface area contributed by atoms with E-state index in [-0.39, 0.29) is 10.8 Å². The van der Waals surface area contributed by atoms with Gasteiger partial charge in [0, 0.05) is 50.2 Å². The van der Waals surface area contributed by atoms with Gasteiger partial charge in [0.25, 0.3) is 0 Å². The summed E-state index contributed by atoms with van der Waals surface area (Å²) in [7, 11) is -1.88. The monoisotopic (exact) mass is 658 g/mol. The number of rotatable bonds is 7. The first-order chi connectivity index (χ1) is 18.7. The number of benzene rings is 3. The molecular weight excluding hydrogens is 631 g/mol. The molecule has 1 amide bonds. The summed E-state index contributed by atoms with van der Waals surface area (Å²) in [5.41, 5.74) is 2.79. The summed E-state index contributed by atoms with van der Waals surface area (Å²) in [6.45, 7) is 4.44. The molecule has 1 aliphatic heterocycles. The highest BCUT2D eigenvalue weighted by Gasteiger charge is 2.20. The third kappa shape index (κ3) is 6.01. The van der Waals surface area contributed by atoms with Crippen LogP contribution >= 0.6 is 21.2 Å². The van der Waals surface area contributed by atoms with Crippen molar-refractivity contribution in [2.45, 2.75) is 11.8 Å². The predicted octanol–water partition coefficient (Wildman–Crippen LogP) is 4.92. The number of amides is 1. The Morgan fingerprint density at radius 1 is 0.923 bits per heavy atom. The van der Waals surface area contributed by atoms with Crippen LogP contribution in [0.5, 0.6) is 5.75 Å². The van der Waals surface area contributed by atoms with Gasteiger partial charge >= 0.3 is 0 Å². The number of anilines is 5. The number of carbonyl (C=O) groups excluding carboxylic acids is 1. The van der Waals surface area contributed by atoms with Crippen LogP contribution in [-0.4, -0.2) is 62.5 Å². The minimum absolute atomic E-state index is 0.0930. The fourth-order valence-corrected chi connectivity index (χ4v) is 6.29. The Morgan fingerprint density at radius 3 is 2.36 bits per heavy atom. The van der Waals surface area contributed by atoms with Gasteiger partial charge in [0.1, 0.15) is 16.5 Å². The molecule has 39 heavy (non-hydrogen) atoms. The fraction of sp³-hybridized carbons (Fsp3) is 0.222. The van der Waals surface area contributed by atoms with Gasteiger partial charge in [-0.25, -0.2) is 13.4 Å². The average molecular weight is 659 g/mol. The van der Waals surface area contributed by atoms with Crippen LogP contribution in [0.4, 0.5) is 28.8 Å². The van der Waals surface area contributed by atoms with Gasteiger partial charge < -0.3 is 25.2 Å². The molecule has 1 saturated heterocycles. The van der Waals surface area contributed by atoms with Gasteiger partial charge in [-0.2, -0.15) is 4.98 Å². The van der Waals surface area contributed by atoms with Gasteiger partial charge in [0.05, 0.1) is 45.2 Å². The average Bonchev–Trinajstić information content (AvgIpc) is 2.93. The summed E-state index contributed by atoms with van der Waals surface area (Å²) in [6.07, 6.45) is 0. The first kappa shape index (κ1) is 26.9. The third-order valence-corrected chi connectivity index (χ3v) is 8.83. The number of ether oxygens (including phenoxy) is 1. The van der Waals surface area contributed by atoms with Crippen LogP contribution in [0.1, 0.15) is 6.92 Å². The molecule has 202 valence electrons. The van der Waals surface area contributed by atoms with Gasteiger partial charge in [-0.3, -0.25) is 4.79 Å². The highest BCUT2D eigenvalue weighted by atomic mass is 127. The molecule has 0 spiro atoms. The third-order valence-electron chi connectivity index (χ3n) is 6.53. The molecule has 10 nitrogen and oxygen atoms in total. The second-order valence-corrected chi connectivity index (χ2v) is 13.8. The molecule has 0 radical (unpaired) electrons. The summed E-state index contributed by atoms with van der Waals surface area (Å²) in [6, 6.07) is 20.1. The zero-order chi connectivity index (χ0) is 27.6. The van der Waals surface area contributed by atoms with Crippen LogP contribution in [0.15, 0.2) is 71.6 Å². The second kappa shape index (κ2) is 11.2. The number of methoxy groups -OCH3 is 1. The van der Waals surface area contributed by atoms with E-state index in [4.69, 9.17) is 9.72 Å². The molecule has 0 bridgehead atoms. The zero-order valence-corrected chi connectivity index (χ0v) is 24.4. The Hall–Kier alpha value is -3.65. The maximum absolute atomic E-state index is 12.3. The molecule has 0 saturated carbocycles. The molecule has 1 fully saturated rings. The Kier molecular flexibility index (Phi) is 7.75. The summed E-state index contributed by atoms with van der Waals surface area (Å²) >= 11 is 1.43. The van der Waals surface area contributed by atoms with Gasteiger partial charge in [0.2, 0.25) is 18.9 Å². The van der Waals surface area contributed by atoms with Crippen molar-refractivity contribution >= 4 is 73.9 Å². The summed E-state index contributed by atoms with van der Waals surface area (Å²) in [4.78, 5) is 25.3. The highest BCUT2D eigenvalue weighted by molar-refractivity contribution is 14.2. The normalized spacial score (nSPS) is 13.8. The number of nitrogens with zero attached hydrogens (tertiary/aromatic N) is 4. The van der Waals surface area contributed by atoms with Crippen molar-refractivity contribution in [3.8, 4) is 5.75 Å². The SMILES string of the molecule is COc1cc(N2CCN(C(C)=O)CC2)ccc1Nc1nc(Nc2ccccc2S(=O)(=O)I)c2ccccc2n1. The highest BCUT2D eigenvalue weighted by Crippen LogP contribution is 2.34. The molecule has 2 heterocycles. The minimum atomic E-state index is -3.49. The molecule has 5 rings (SSSR count). The second-order valence-electron chi connectivity index (χ2n) is 8.97. The number of carbonyl (C=O) groups is 1. The number of hydrogen-bond donors (Lipinski definition) is 2. The van der Waals surface area contributed by atoms with Crippen LogP contribution in [0.3, 0.4) is 0 Å². The van der Waals surface area contributed by atoms with E-state index in [1.807, 2.05) is 47.4 Å². The van der Waals surface area contributed by atoms with E-state index in [2.05, 4.69) is 20.5 Å². The van der Waals surface area contributed by atoms with E-state index in [1.54, 1.807) is 38.3 Å². The Bertz CT molecular complexity index is 1640. The summed E-state index contributed by atoms with van der Waals surface area (Å²) in [5, 5.41) is 7.21. The van der Waals surface area contributed by atoms with E-state index in [0.717, 1.165) is 24.2 Å². The van der Waals surface area contributed by atoms with E-state index in [0.29, 0.717) is 47.5 Å². The smallest absolute Gasteiger partial charge is 0.233 e. The van der Waals surface area contributed by atoms with Crippen molar-refractivity contribution in [3.05, 3.63) is 66.7 Å². The van der Waals surface area contributed by atoms with E-state index < -0.39 is 7.01 Å². The number of aromatic nitrogens is 2. The van der Waals surface area contributed by atoms with Crippen molar-refractivity contribution in [1.29, 1.82) is 0 Å². The molecule has 0 unspecified atom stereocenters. The Balaban J connectivity index is 1.45. The van der Waals surface area contributed by atoms with Crippen LogP contribution in [0.2, 0.25) is 0 Å². The summed E-state index contributed by atoms with van der Waals surface area (Å²) < 4.78 is 30.4. The van der Waals surface area contributed by atoms with E-state index in [9.17, 15) is 13.2 Å². The van der Waals surface area contributed by atoms with Gasteiger partial charge in [-0.05, 0) is 36.4 Å². The first-order valence-corrected chi connectivity index (χ1v) is 16.3. The maximum Gasteiger partial charge on any atom is 0.233 e. The van der Waals surface area contributed by atoms with Crippen LogP contribution in [0, 0.1) is 0 Å². The lowest BCUT2D eigenvalue weighted by Crippen LogP contribution is -2.48. The lowest BCUT2D eigenvalue weighted by molar-refractivity contribution is -0.129. The van der Waals surface area contributed by atoms with Crippen molar-refractivity contribution < 1.29 is 17.9 Å². The lowest BCUT2D eigenvalue weighted by atomic mass is 10.2. The number of fused-ring (bicyclic) bond motifs is 1. The van der Waals surface area contributed by atoms with Crippen molar-refractivity contribution in [3.63, 3.8) is 0 Å². The van der Waals surface area contributed by atoms with Crippen LogP contribution in [0.25, 0.3) is 10.9 Å². The summed E-state index contributed by atoms with van der Waals surface area (Å²) in [5.74, 6) is 1.51. The minimum Gasteiger partial charge on any atom is -0.494 e. The largest absolute Gasteiger partial charge is 0.494 e. The Labute approximate surface area is 238 Å². The molecule has 12 heteroatoms. The topological polar surface area (TPSA) is 117 Å². The van der Waals surface area contributed by atoms with Gasteiger partial charge in [0.15, 0.2) is 0 Å². The molecule has 4 aromatic rings. The zero-order valence-electron chi connectivity index (χ0n) is 21.4. The number of piperazine rings is 1. The molecule has 1 aliphatic rings. The molecule has 0 aliphatic carbocycles. The number of para-hydroxylation sites is 2. The molecule has 1 aromatic heterocycles. The quantitative estimate of drug-likeness (QED) is 0.211. The van der Waals surface area contributed by atoms with Gasteiger partial charge in [-0.15, -0.1) is 0 Å². The van der Waals surface area contributed by atoms with Gasteiger partial charge in [-0.1, -0.05) is 24.3 Å². The molecule has 0 atom stereocenters. The molecular formula is C27H27IN6O4S. The Morgan fingerprint density at radius 2 is 1.64 bits per heavy atom. The van der Waals surface area contributed by atoms with Crippen molar-refractivity contribution in [2.75, 3.05) is 48.8 Å². The predicted molar refractivity (Wildman–Crippen MR) is 161 cm³/mol.